The summed E-state index contributed by atoms with van der Waals surface area (Å²) in [6.07, 6.45) is 2.06. The smallest absolute Gasteiger partial charge is 0.265 e. The highest BCUT2D eigenvalue weighted by atomic mass is 32.2. The van der Waals surface area contributed by atoms with Crippen LogP contribution in [0, 0.1) is 0 Å². The highest BCUT2D eigenvalue weighted by molar-refractivity contribution is 7.97. The van der Waals surface area contributed by atoms with Crippen molar-refractivity contribution in [3.8, 4) is 11.4 Å². The number of fused-ring (bicyclic) bond motifs is 1. The summed E-state index contributed by atoms with van der Waals surface area (Å²) in [4.78, 5) is 26.2. The summed E-state index contributed by atoms with van der Waals surface area (Å²) < 4.78 is 5.45. The molecule has 3 aromatic rings. The number of aromatic nitrogens is 3. The summed E-state index contributed by atoms with van der Waals surface area (Å²) in [7, 11) is 0. The molecule has 0 bridgehead atoms. The third-order valence-corrected chi connectivity index (χ3v) is 5.12. The first-order valence-corrected chi connectivity index (χ1v) is 10.2. The number of nitrogens with one attached hydrogen (secondary N) is 1. The summed E-state index contributed by atoms with van der Waals surface area (Å²) >= 11 is 1.73. The second-order valence-corrected chi connectivity index (χ2v) is 7.29. The Hall–Kier alpha value is -2.58. The minimum absolute atomic E-state index is 0.396. The van der Waals surface area contributed by atoms with Crippen molar-refractivity contribution in [1.82, 2.24) is 15.0 Å². The van der Waals surface area contributed by atoms with Gasteiger partial charge in [0.15, 0.2) is 5.82 Å². The molecule has 1 aliphatic rings. The van der Waals surface area contributed by atoms with Crippen molar-refractivity contribution in [3.05, 3.63) is 41.7 Å². The second-order valence-electron chi connectivity index (χ2n) is 6.42. The van der Waals surface area contributed by atoms with Crippen LogP contribution < -0.4 is 10.6 Å². The van der Waals surface area contributed by atoms with Gasteiger partial charge < -0.3 is 20.4 Å². The van der Waals surface area contributed by atoms with Gasteiger partial charge in [-0.2, -0.15) is 11.8 Å². The Morgan fingerprint density at radius 2 is 2.07 bits per heavy atom. The van der Waals surface area contributed by atoms with Crippen LogP contribution in [-0.2, 0) is 10.5 Å². The molecule has 7 nitrogen and oxygen atoms in total. The lowest BCUT2D eigenvalue weighted by Gasteiger charge is -2.28. The van der Waals surface area contributed by atoms with E-state index in [2.05, 4.69) is 22.2 Å². The van der Waals surface area contributed by atoms with E-state index in [-0.39, 0.29) is 0 Å². The van der Waals surface area contributed by atoms with Crippen LogP contribution in [0.15, 0.2) is 30.3 Å². The van der Waals surface area contributed by atoms with Gasteiger partial charge in [-0.15, -0.1) is 0 Å². The molecule has 0 aliphatic carbocycles. The Morgan fingerprint density at radius 3 is 2.81 bits per heavy atom. The number of primary amides is 1. The van der Waals surface area contributed by atoms with Gasteiger partial charge in [-0.3, -0.25) is 4.79 Å². The molecule has 27 heavy (non-hydrogen) atoms. The molecule has 2 aromatic heterocycles. The van der Waals surface area contributed by atoms with E-state index < -0.39 is 5.91 Å². The fourth-order valence-corrected chi connectivity index (χ4v) is 3.64. The first-order chi connectivity index (χ1) is 13.1. The number of H-pyrrole nitrogens is 1. The molecule has 0 unspecified atom stereocenters. The highest BCUT2D eigenvalue weighted by Gasteiger charge is 2.16. The van der Waals surface area contributed by atoms with Gasteiger partial charge >= 0.3 is 0 Å². The predicted molar refractivity (Wildman–Crippen MR) is 108 cm³/mol. The monoisotopic (exact) mass is 383 g/mol. The second kappa shape index (κ2) is 7.58. The van der Waals surface area contributed by atoms with Crippen LogP contribution in [-0.4, -0.2) is 53.4 Å². The standard InChI is InChI=1S/C19H21N5O2S/c1-27-11-14-10-17(24-4-6-26-7-5-24)23-19(21-14)12-2-3-15-13(8-12)9-16(22-15)18(20)25/h2-3,8-10,22H,4-7,11H2,1H3,(H2,20,25). The highest BCUT2D eigenvalue weighted by Crippen LogP contribution is 2.26. The number of thioether (sulfide) groups is 1. The lowest BCUT2D eigenvalue weighted by atomic mass is 10.1. The number of morpholine rings is 1. The number of rotatable bonds is 5. The van der Waals surface area contributed by atoms with Crippen LogP contribution in [0.1, 0.15) is 16.2 Å². The molecule has 1 amide bonds. The molecule has 1 fully saturated rings. The first kappa shape index (κ1) is 17.8. The summed E-state index contributed by atoms with van der Waals surface area (Å²) in [6.45, 7) is 3.08. The fourth-order valence-electron chi connectivity index (χ4n) is 3.19. The van der Waals surface area contributed by atoms with E-state index in [4.69, 9.17) is 20.4 Å². The molecule has 3 N–H and O–H groups in total. The van der Waals surface area contributed by atoms with Gasteiger partial charge in [0.25, 0.3) is 5.91 Å². The Labute approximate surface area is 161 Å². The Bertz CT molecular complexity index is 981. The lowest BCUT2D eigenvalue weighted by molar-refractivity contribution is 0.0996. The molecule has 1 aliphatic heterocycles. The van der Waals surface area contributed by atoms with E-state index >= 15 is 0 Å². The number of aromatic amines is 1. The Morgan fingerprint density at radius 1 is 1.26 bits per heavy atom. The maximum Gasteiger partial charge on any atom is 0.265 e. The van der Waals surface area contributed by atoms with E-state index in [0.29, 0.717) is 24.7 Å². The zero-order chi connectivity index (χ0) is 18.8. The third kappa shape index (κ3) is 3.77. The number of anilines is 1. The van der Waals surface area contributed by atoms with Gasteiger partial charge in [-0.1, -0.05) is 0 Å². The SMILES string of the molecule is CSCc1cc(N2CCOCC2)nc(-c2ccc3[nH]c(C(N)=O)cc3c2)n1. The minimum atomic E-state index is -0.472. The molecule has 0 atom stereocenters. The van der Waals surface area contributed by atoms with E-state index in [0.717, 1.165) is 46.8 Å². The van der Waals surface area contributed by atoms with Gasteiger partial charge in [0.05, 0.1) is 18.9 Å². The minimum Gasteiger partial charge on any atom is -0.378 e. The van der Waals surface area contributed by atoms with E-state index in [1.54, 1.807) is 17.8 Å². The number of nitrogens with two attached hydrogens (primary N) is 1. The summed E-state index contributed by atoms with van der Waals surface area (Å²) in [5, 5.41) is 0.910. The van der Waals surface area contributed by atoms with Crippen LogP contribution in [0.4, 0.5) is 5.82 Å². The number of hydrogen-bond donors (Lipinski definition) is 2. The molecule has 4 rings (SSSR count). The van der Waals surface area contributed by atoms with Gasteiger partial charge in [0.2, 0.25) is 0 Å². The maximum atomic E-state index is 11.4. The summed E-state index contributed by atoms with van der Waals surface area (Å²) in [5.74, 6) is 1.97. The number of hydrogen-bond acceptors (Lipinski definition) is 6. The average molecular weight is 383 g/mol. The number of benzene rings is 1. The third-order valence-electron chi connectivity index (χ3n) is 4.54. The zero-order valence-electron chi connectivity index (χ0n) is 15.1. The molecule has 0 saturated carbocycles. The summed E-state index contributed by atoms with van der Waals surface area (Å²) in [5.41, 5.74) is 8.54. The van der Waals surface area contributed by atoms with Crippen LogP contribution >= 0.6 is 11.8 Å². The Kier molecular flexibility index (Phi) is 5.00. The molecular formula is C19H21N5O2S. The normalized spacial score (nSPS) is 14.6. The van der Waals surface area contributed by atoms with Gasteiger partial charge in [0.1, 0.15) is 11.5 Å². The van der Waals surface area contributed by atoms with Crippen molar-refractivity contribution in [1.29, 1.82) is 0 Å². The molecule has 1 saturated heterocycles. The van der Waals surface area contributed by atoms with Crippen molar-refractivity contribution >= 4 is 34.4 Å². The van der Waals surface area contributed by atoms with Crippen molar-refractivity contribution < 1.29 is 9.53 Å². The number of ether oxygens (including phenoxy) is 1. The molecule has 140 valence electrons. The van der Waals surface area contributed by atoms with Crippen molar-refractivity contribution in [2.24, 2.45) is 5.73 Å². The van der Waals surface area contributed by atoms with E-state index in [1.165, 1.54) is 0 Å². The topological polar surface area (TPSA) is 97.1 Å². The lowest BCUT2D eigenvalue weighted by Crippen LogP contribution is -2.37. The van der Waals surface area contributed by atoms with Gasteiger partial charge in [-0.25, -0.2) is 9.97 Å². The van der Waals surface area contributed by atoms with Gasteiger partial charge in [-0.05, 0) is 30.5 Å². The van der Waals surface area contributed by atoms with E-state index in [1.807, 2.05) is 18.2 Å². The fraction of sp³-hybridized carbons (Fsp3) is 0.316. The van der Waals surface area contributed by atoms with Crippen LogP contribution in [0.5, 0.6) is 0 Å². The quantitative estimate of drug-likeness (QED) is 0.702. The molecule has 0 radical (unpaired) electrons. The molecule has 8 heteroatoms. The summed E-state index contributed by atoms with van der Waals surface area (Å²) in [6, 6.07) is 9.70. The largest absolute Gasteiger partial charge is 0.378 e. The van der Waals surface area contributed by atoms with Crippen LogP contribution in [0.2, 0.25) is 0 Å². The maximum absolute atomic E-state index is 11.4. The zero-order valence-corrected chi connectivity index (χ0v) is 15.9. The van der Waals surface area contributed by atoms with Gasteiger partial charge in [0, 0.05) is 41.4 Å². The number of amides is 1. The number of carbonyl (C=O) groups excluding carboxylic acids is 1. The van der Waals surface area contributed by atoms with Crippen LogP contribution in [0.3, 0.4) is 0 Å². The van der Waals surface area contributed by atoms with E-state index in [9.17, 15) is 4.79 Å². The average Bonchev–Trinajstić information content (AvgIpc) is 3.12. The van der Waals surface area contributed by atoms with Crippen LogP contribution in [0.25, 0.3) is 22.3 Å². The van der Waals surface area contributed by atoms with Crippen molar-refractivity contribution in [2.45, 2.75) is 5.75 Å². The molecule has 0 spiro atoms. The Balaban J connectivity index is 1.75. The molecule has 3 heterocycles. The molecule has 1 aromatic carbocycles. The first-order valence-electron chi connectivity index (χ1n) is 8.76. The van der Waals surface area contributed by atoms with Crippen molar-refractivity contribution in [3.63, 3.8) is 0 Å². The number of nitrogens with zero attached hydrogens (tertiary/aromatic N) is 3. The number of carbonyl (C=O) groups is 1. The predicted octanol–water partition coefficient (Wildman–Crippen LogP) is 2.42. The molecular weight excluding hydrogens is 362 g/mol. The van der Waals surface area contributed by atoms with Crippen molar-refractivity contribution in [2.75, 3.05) is 37.5 Å².